The largest absolute Gasteiger partial charge is 0.353 e. The van der Waals surface area contributed by atoms with Gasteiger partial charge in [-0.25, -0.2) is 0 Å². The maximum atomic E-state index is 11.2. The van der Waals surface area contributed by atoms with E-state index >= 15 is 0 Å². The monoisotopic (exact) mass is 346 g/mol. The molecule has 1 aromatic carbocycles. The number of fused-ring (bicyclic) bond motifs is 1. The molecular weight excluding hydrogens is 328 g/mol. The van der Waals surface area contributed by atoms with Crippen molar-refractivity contribution >= 4 is 38.8 Å². The standard InChI is InChI=1S/C16H18N4OS2/c21-16-17-12(11-22-16)5-6-19-7-9-20(10-8-19)15-13-3-1-2-4-14(13)23-18-15/h1-4,11H,5-10H2,(H,17,21). The highest BCUT2D eigenvalue weighted by Crippen LogP contribution is 2.29. The van der Waals surface area contributed by atoms with Crippen LogP contribution in [-0.2, 0) is 6.42 Å². The third-order valence-corrected chi connectivity index (χ3v) is 5.83. The fraction of sp³-hybridized carbons (Fsp3) is 0.375. The number of piperazine rings is 1. The molecular formula is C16H18N4OS2. The van der Waals surface area contributed by atoms with Gasteiger partial charge in [0.1, 0.15) is 5.82 Å². The molecule has 0 unspecified atom stereocenters. The lowest BCUT2D eigenvalue weighted by Gasteiger charge is -2.35. The highest BCUT2D eigenvalue weighted by atomic mass is 32.1. The van der Waals surface area contributed by atoms with E-state index in [1.807, 2.05) is 5.38 Å². The Balaban J connectivity index is 1.36. The van der Waals surface area contributed by atoms with Gasteiger partial charge in [-0.2, -0.15) is 4.37 Å². The van der Waals surface area contributed by atoms with E-state index in [2.05, 4.69) is 43.4 Å². The zero-order valence-corrected chi connectivity index (χ0v) is 14.3. The molecule has 0 atom stereocenters. The van der Waals surface area contributed by atoms with E-state index < -0.39 is 0 Å². The molecule has 1 fully saturated rings. The highest BCUT2D eigenvalue weighted by molar-refractivity contribution is 7.13. The molecule has 1 N–H and O–H groups in total. The van der Waals surface area contributed by atoms with Crippen LogP contribution in [0.25, 0.3) is 10.1 Å². The van der Waals surface area contributed by atoms with Crippen LogP contribution in [-0.4, -0.2) is 47.0 Å². The number of anilines is 1. The Hall–Kier alpha value is -1.70. The first kappa shape index (κ1) is 14.9. The number of nitrogens with zero attached hydrogens (tertiary/aromatic N) is 3. The van der Waals surface area contributed by atoms with Crippen molar-refractivity contribution in [2.45, 2.75) is 6.42 Å². The van der Waals surface area contributed by atoms with Crippen LogP contribution in [0.3, 0.4) is 0 Å². The molecule has 3 heterocycles. The van der Waals surface area contributed by atoms with Gasteiger partial charge >= 0.3 is 4.87 Å². The first-order valence-electron chi connectivity index (χ1n) is 7.78. The molecule has 120 valence electrons. The van der Waals surface area contributed by atoms with Crippen LogP contribution in [0.2, 0.25) is 0 Å². The summed E-state index contributed by atoms with van der Waals surface area (Å²) in [6, 6.07) is 8.44. The van der Waals surface area contributed by atoms with Gasteiger partial charge in [0, 0.05) is 55.6 Å². The summed E-state index contributed by atoms with van der Waals surface area (Å²) < 4.78 is 5.91. The van der Waals surface area contributed by atoms with Crippen molar-refractivity contribution in [3.63, 3.8) is 0 Å². The predicted octanol–water partition coefficient (Wildman–Crippen LogP) is 2.41. The Morgan fingerprint density at radius 3 is 2.78 bits per heavy atom. The zero-order valence-electron chi connectivity index (χ0n) is 12.7. The molecule has 3 aromatic rings. The molecule has 0 aliphatic carbocycles. The van der Waals surface area contributed by atoms with Crippen LogP contribution >= 0.6 is 22.9 Å². The molecule has 0 radical (unpaired) electrons. The van der Waals surface area contributed by atoms with E-state index in [0.29, 0.717) is 0 Å². The molecule has 0 spiro atoms. The number of benzene rings is 1. The number of hydrogen-bond acceptors (Lipinski definition) is 6. The van der Waals surface area contributed by atoms with Crippen molar-refractivity contribution in [1.82, 2.24) is 14.3 Å². The third kappa shape index (κ3) is 3.17. The molecule has 1 aliphatic rings. The van der Waals surface area contributed by atoms with Gasteiger partial charge in [0.25, 0.3) is 0 Å². The molecule has 5 nitrogen and oxygen atoms in total. The molecule has 1 aliphatic heterocycles. The van der Waals surface area contributed by atoms with E-state index in [4.69, 9.17) is 0 Å². The van der Waals surface area contributed by atoms with Gasteiger partial charge in [0.2, 0.25) is 0 Å². The third-order valence-electron chi connectivity index (χ3n) is 4.30. The Morgan fingerprint density at radius 1 is 1.17 bits per heavy atom. The van der Waals surface area contributed by atoms with Gasteiger partial charge in [-0.05, 0) is 23.7 Å². The van der Waals surface area contributed by atoms with Crippen LogP contribution in [0.4, 0.5) is 5.82 Å². The molecule has 23 heavy (non-hydrogen) atoms. The number of nitrogens with one attached hydrogen (secondary N) is 1. The van der Waals surface area contributed by atoms with Crippen LogP contribution in [0.1, 0.15) is 5.69 Å². The normalized spacial score (nSPS) is 16.3. The highest BCUT2D eigenvalue weighted by Gasteiger charge is 2.20. The minimum atomic E-state index is 0.0419. The predicted molar refractivity (Wildman–Crippen MR) is 96.9 cm³/mol. The quantitative estimate of drug-likeness (QED) is 0.788. The molecule has 0 bridgehead atoms. The summed E-state index contributed by atoms with van der Waals surface area (Å²) in [4.78, 5) is 18.9. The zero-order chi connectivity index (χ0) is 15.6. The lowest BCUT2D eigenvalue weighted by Crippen LogP contribution is -2.47. The lowest BCUT2D eigenvalue weighted by molar-refractivity contribution is 0.260. The van der Waals surface area contributed by atoms with Gasteiger partial charge in [-0.15, -0.1) is 0 Å². The Morgan fingerprint density at radius 2 is 2.00 bits per heavy atom. The summed E-state index contributed by atoms with van der Waals surface area (Å²) in [6.07, 6.45) is 0.915. The van der Waals surface area contributed by atoms with Gasteiger partial charge in [0.05, 0.1) is 4.70 Å². The molecule has 2 aromatic heterocycles. The summed E-state index contributed by atoms with van der Waals surface area (Å²) >= 11 is 2.83. The maximum Gasteiger partial charge on any atom is 0.304 e. The Kier molecular flexibility index (Phi) is 4.15. The average molecular weight is 346 g/mol. The maximum absolute atomic E-state index is 11.2. The average Bonchev–Trinajstić information content (AvgIpc) is 3.20. The van der Waals surface area contributed by atoms with Crippen LogP contribution in [0, 0.1) is 0 Å². The fourth-order valence-electron chi connectivity index (χ4n) is 3.00. The van der Waals surface area contributed by atoms with Crippen LogP contribution in [0.15, 0.2) is 34.4 Å². The number of rotatable bonds is 4. The van der Waals surface area contributed by atoms with Crippen molar-refractivity contribution in [1.29, 1.82) is 0 Å². The number of aromatic nitrogens is 2. The first-order chi connectivity index (χ1) is 11.3. The van der Waals surface area contributed by atoms with E-state index in [9.17, 15) is 4.79 Å². The Bertz CT molecular complexity index is 845. The minimum absolute atomic E-state index is 0.0419. The Labute approximate surface area is 142 Å². The van der Waals surface area contributed by atoms with Crippen molar-refractivity contribution in [3.8, 4) is 0 Å². The van der Waals surface area contributed by atoms with Crippen LogP contribution < -0.4 is 9.77 Å². The molecule has 1 saturated heterocycles. The topological polar surface area (TPSA) is 52.2 Å². The molecule has 4 rings (SSSR count). The van der Waals surface area contributed by atoms with Crippen molar-refractivity contribution in [3.05, 3.63) is 45.0 Å². The summed E-state index contributed by atoms with van der Waals surface area (Å²) in [6.45, 7) is 5.10. The van der Waals surface area contributed by atoms with E-state index in [1.54, 1.807) is 11.5 Å². The summed E-state index contributed by atoms with van der Waals surface area (Å²) in [7, 11) is 0. The first-order valence-corrected chi connectivity index (χ1v) is 9.43. The lowest BCUT2D eigenvalue weighted by atomic mass is 10.2. The van der Waals surface area contributed by atoms with E-state index in [0.717, 1.165) is 50.7 Å². The second kappa shape index (κ2) is 6.43. The minimum Gasteiger partial charge on any atom is -0.353 e. The van der Waals surface area contributed by atoms with E-state index in [-0.39, 0.29) is 4.87 Å². The number of H-pyrrole nitrogens is 1. The van der Waals surface area contributed by atoms with Gasteiger partial charge in [0.15, 0.2) is 0 Å². The van der Waals surface area contributed by atoms with E-state index in [1.165, 1.54) is 21.4 Å². The second-order valence-corrected chi connectivity index (χ2v) is 7.40. The smallest absolute Gasteiger partial charge is 0.304 e. The molecule has 7 heteroatoms. The fourth-order valence-corrected chi connectivity index (χ4v) is 4.41. The summed E-state index contributed by atoms with van der Waals surface area (Å²) in [5, 5.41) is 3.20. The number of thiazole rings is 1. The second-order valence-electron chi connectivity index (χ2n) is 5.75. The molecule has 0 saturated carbocycles. The number of aromatic amines is 1. The SMILES string of the molecule is O=c1[nH]c(CCN2CCN(c3nsc4ccccc34)CC2)cs1. The van der Waals surface area contributed by atoms with Crippen molar-refractivity contribution in [2.75, 3.05) is 37.6 Å². The van der Waals surface area contributed by atoms with Crippen LogP contribution in [0.5, 0.6) is 0 Å². The van der Waals surface area contributed by atoms with Crippen molar-refractivity contribution in [2.24, 2.45) is 0 Å². The molecule has 0 amide bonds. The van der Waals surface area contributed by atoms with Gasteiger partial charge < -0.3 is 9.88 Å². The van der Waals surface area contributed by atoms with Crippen molar-refractivity contribution < 1.29 is 0 Å². The van der Waals surface area contributed by atoms with Gasteiger partial charge in [-0.3, -0.25) is 9.69 Å². The summed E-state index contributed by atoms with van der Waals surface area (Å²) in [5.41, 5.74) is 1.05. The summed E-state index contributed by atoms with van der Waals surface area (Å²) in [5.74, 6) is 1.13. The number of hydrogen-bond donors (Lipinski definition) is 1. The van der Waals surface area contributed by atoms with Gasteiger partial charge in [-0.1, -0.05) is 23.5 Å².